The monoisotopic (exact) mass is 493 g/mol. The van der Waals surface area contributed by atoms with E-state index in [1.54, 1.807) is 37.3 Å². The Bertz CT molecular complexity index is 1420. The van der Waals surface area contributed by atoms with Gasteiger partial charge in [0.15, 0.2) is 5.78 Å². The molecule has 2 N–H and O–H groups in total. The number of dihydropyridines is 1. The highest BCUT2D eigenvalue weighted by atomic mass is 16.3. The van der Waals surface area contributed by atoms with Crippen molar-refractivity contribution in [3.05, 3.63) is 107 Å². The average Bonchev–Trinajstić information content (AvgIpc) is 2.88. The minimum atomic E-state index is -0.578. The second-order valence-electron chi connectivity index (χ2n) is 9.20. The lowest BCUT2D eigenvalue weighted by Crippen LogP contribution is -2.28. The van der Waals surface area contributed by atoms with Crippen molar-refractivity contribution in [2.45, 2.75) is 46.1 Å². The van der Waals surface area contributed by atoms with E-state index in [9.17, 15) is 14.7 Å². The van der Waals surface area contributed by atoms with Crippen LogP contribution in [0.3, 0.4) is 0 Å². The van der Waals surface area contributed by atoms with Crippen LogP contribution in [0.5, 0.6) is 5.75 Å². The highest BCUT2D eigenvalue weighted by Crippen LogP contribution is 2.23. The molecule has 188 valence electrons. The number of phenols is 1. The summed E-state index contributed by atoms with van der Waals surface area (Å²) in [6.07, 6.45) is 5.34. The lowest BCUT2D eigenvalue weighted by molar-refractivity contribution is -0.115. The number of phenolic OH excluding ortho intramolecular Hbond substituents is 1. The maximum Gasteiger partial charge on any atom is 0.256 e. The second-order valence-corrected chi connectivity index (χ2v) is 9.20. The van der Waals surface area contributed by atoms with Crippen molar-refractivity contribution in [3.8, 4) is 5.75 Å². The Morgan fingerprint density at radius 2 is 1.86 bits per heavy atom. The fourth-order valence-electron chi connectivity index (χ4n) is 4.27. The lowest BCUT2D eigenvalue weighted by atomic mass is 9.96. The third kappa shape index (κ3) is 6.47. The van der Waals surface area contributed by atoms with Crippen molar-refractivity contribution in [2.24, 2.45) is 9.98 Å². The summed E-state index contributed by atoms with van der Waals surface area (Å²) in [5.41, 5.74) is 5.60. The molecule has 0 bridgehead atoms. The molecule has 1 unspecified atom stereocenters. The number of hydrogen-bond donors (Lipinski definition) is 2. The molecule has 1 aliphatic rings. The predicted octanol–water partition coefficient (Wildman–Crippen LogP) is 5.67. The van der Waals surface area contributed by atoms with Crippen LogP contribution < -0.4 is 5.32 Å². The van der Waals surface area contributed by atoms with Gasteiger partial charge in [-0.1, -0.05) is 43.7 Å². The minimum absolute atomic E-state index is 0.0765. The third-order valence-corrected chi connectivity index (χ3v) is 6.24. The van der Waals surface area contributed by atoms with E-state index in [2.05, 4.69) is 17.2 Å². The first-order valence-corrected chi connectivity index (χ1v) is 12.5. The number of aliphatic imine (C=N–C) groups is 2. The SMILES string of the molecule is CCCc1cc(C2=NC(Cc3cccc(C(=O)N/C(C)=N/c4ccccc4C)c3)C(=O)C=C2)ccc1O. The summed E-state index contributed by atoms with van der Waals surface area (Å²) >= 11 is 0. The number of nitrogens with zero attached hydrogens (tertiary/aromatic N) is 2. The number of carbonyl (C=O) groups excluding carboxylic acids is 2. The predicted molar refractivity (Wildman–Crippen MR) is 148 cm³/mol. The zero-order valence-corrected chi connectivity index (χ0v) is 21.4. The molecule has 0 saturated heterocycles. The number of allylic oxidation sites excluding steroid dienone is 1. The number of hydrogen-bond acceptors (Lipinski definition) is 5. The van der Waals surface area contributed by atoms with E-state index in [1.165, 1.54) is 0 Å². The van der Waals surface area contributed by atoms with Crippen LogP contribution in [0.25, 0.3) is 0 Å². The van der Waals surface area contributed by atoms with Crippen molar-refractivity contribution < 1.29 is 14.7 Å². The molecule has 37 heavy (non-hydrogen) atoms. The molecule has 4 rings (SSSR count). The summed E-state index contributed by atoms with van der Waals surface area (Å²) in [5, 5.41) is 13.0. The van der Waals surface area contributed by atoms with Crippen molar-refractivity contribution in [3.63, 3.8) is 0 Å². The quantitative estimate of drug-likeness (QED) is 0.328. The zero-order valence-electron chi connectivity index (χ0n) is 21.4. The summed E-state index contributed by atoms with van der Waals surface area (Å²) in [6.45, 7) is 5.79. The van der Waals surface area contributed by atoms with Gasteiger partial charge in [-0.3, -0.25) is 14.6 Å². The molecule has 0 aliphatic carbocycles. The molecule has 0 saturated carbocycles. The average molecular weight is 494 g/mol. The molecule has 1 atom stereocenters. The third-order valence-electron chi connectivity index (χ3n) is 6.24. The number of amidine groups is 1. The molecule has 6 nitrogen and oxygen atoms in total. The van der Waals surface area contributed by atoms with E-state index >= 15 is 0 Å². The van der Waals surface area contributed by atoms with Gasteiger partial charge in [-0.15, -0.1) is 0 Å². The van der Waals surface area contributed by atoms with E-state index in [0.29, 0.717) is 23.5 Å². The van der Waals surface area contributed by atoms with Crippen LogP contribution in [-0.2, 0) is 17.6 Å². The fraction of sp³-hybridized carbons (Fsp3) is 0.226. The van der Waals surface area contributed by atoms with Crippen molar-refractivity contribution in [1.82, 2.24) is 5.32 Å². The number of amides is 1. The van der Waals surface area contributed by atoms with Gasteiger partial charge in [0.2, 0.25) is 0 Å². The number of carbonyl (C=O) groups is 2. The smallest absolute Gasteiger partial charge is 0.256 e. The Hall–Kier alpha value is -4.32. The Labute approximate surface area is 217 Å². The number of para-hydroxylation sites is 1. The Kier molecular flexibility index (Phi) is 8.08. The molecule has 0 fully saturated rings. The second kappa shape index (κ2) is 11.6. The van der Waals surface area contributed by atoms with Gasteiger partial charge in [0.25, 0.3) is 5.91 Å². The molecule has 6 heteroatoms. The van der Waals surface area contributed by atoms with Crippen molar-refractivity contribution in [1.29, 1.82) is 0 Å². The summed E-state index contributed by atoms with van der Waals surface area (Å²) in [7, 11) is 0. The van der Waals surface area contributed by atoms with Gasteiger partial charge >= 0.3 is 0 Å². The molecule has 3 aromatic rings. The van der Waals surface area contributed by atoms with Gasteiger partial charge in [0.1, 0.15) is 17.6 Å². The lowest BCUT2D eigenvalue weighted by Gasteiger charge is -2.17. The van der Waals surface area contributed by atoms with Crippen LogP contribution in [0.1, 0.15) is 52.9 Å². The Morgan fingerprint density at radius 3 is 2.65 bits per heavy atom. The number of ketones is 1. The van der Waals surface area contributed by atoms with Crippen LogP contribution >= 0.6 is 0 Å². The van der Waals surface area contributed by atoms with Crippen LogP contribution in [0.15, 0.2) is 88.9 Å². The molecule has 0 radical (unpaired) electrons. The highest BCUT2D eigenvalue weighted by molar-refractivity contribution is 6.15. The van der Waals surface area contributed by atoms with Gasteiger partial charge < -0.3 is 10.4 Å². The first-order chi connectivity index (χ1) is 17.8. The Balaban J connectivity index is 1.49. The molecule has 0 aromatic heterocycles. The number of benzene rings is 3. The maximum atomic E-state index is 12.9. The highest BCUT2D eigenvalue weighted by Gasteiger charge is 2.21. The topological polar surface area (TPSA) is 91.1 Å². The number of rotatable bonds is 7. The minimum Gasteiger partial charge on any atom is -0.508 e. The van der Waals surface area contributed by atoms with Gasteiger partial charge in [-0.2, -0.15) is 0 Å². The normalized spacial score (nSPS) is 15.4. The van der Waals surface area contributed by atoms with E-state index < -0.39 is 6.04 Å². The van der Waals surface area contributed by atoms with Gasteiger partial charge in [0, 0.05) is 17.5 Å². The Morgan fingerprint density at radius 1 is 1.05 bits per heavy atom. The van der Waals surface area contributed by atoms with Crippen molar-refractivity contribution in [2.75, 3.05) is 0 Å². The van der Waals surface area contributed by atoms with Gasteiger partial charge in [0.05, 0.1) is 11.4 Å². The van der Waals surface area contributed by atoms with Gasteiger partial charge in [-0.25, -0.2) is 4.99 Å². The van der Waals surface area contributed by atoms with Crippen LogP contribution in [-0.4, -0.2) is 34.4 Å². The fourth-order valence-corrected chi connectivity index (χ4v) is 4.27. The largest absolute Gasteiger partial charge is 0.508 e. The molecule has 1 aliphatic heterocycles. The van der Waals surface area contributed by atoms with E-state index in [1.807, 2.05) is 55.5 Å². The van der Waals surface area contributed by atoms with Crippen LogP contribution in [0.4, 0.5) is 5.69 Å². The number of aryl methyl sites for hydroxylation is 2. The molecule has 1 heterocycles. The van der Waals surface area contributed by atoms with Crippen molar-refractivity contribution >= 4 is 28.9 Å². The van der Waals surface area contributed by atoms with Crippen LogP contribution in [0.2, 0.25) is 0 Å². The summed E-state index contributed by atoms with van der Waals surface area (Å²) in [6, 6.07) is 19.8. The molecular weight excluding hydrogens is 462 g/mol. The molecule has 0 spiro atoms. The first kappa shape index (κ1) is 25.8. The number of aromatic hydroxyl groups is 1. The van der Waals surface area contributed by atoms with E-state index in [-0.39, 0.29) is 17.4 Å². The number of nitrogens with one attached hydrogen (secondary N) is 1. The summed E-state index contributed by atoms with van der Waals surface area (Å²) in [5.74, 6) is 0.437. The summed E-state index contributed by atoms with van der Waals surface area (Å²) in [4.78, 5) is 34.7. The maximum absolute atomic E-state index is 12.9. The first-order valence-electron chi connectivity index (χ1n) is 12.5. The van der Waals surface area contributed by atoms with E-state index in [0.717, 1.165) is 40.8 Å². The summed E-state index contributed by atoms with van der Waals surface area (Å²) < 4.78 is 0. The van der Waals surface area contributed by atoms with Gasteiger partial charge in [-0.05, 0) is 85.5 Å². The molecule has 1 amide bonds. The van der Waals surface area contributed by atoms with Crippen LogP contribution in [0, 0.1) is 6.92 Å². The van der Waals surface area contributed by atoms with E-state index in [4.69, 9.17) is 4.99 Å². The molecular formula is C31H31N3O3. The molecule has 3 aromatic carbocycles. The standard InChI is InChI=1S/C31H31N3O3/c1-4-8-24-19-23(13-15-29(24)35)27-14-16-30(36)28(34-27)18-22-10-7-11-25(17-22)31(37)33-21(3)32-26-12-6-5-9-20(26)2/h5-7,9-17,19,28,35H,4,8,18H2,1-3H3,(H,32,33,37). The zero-order chi connectivity index (χ0) is 26.4.